The van der Waals surface area contributed by atoms with Gasteiger partial charge in [-0.2, -0.15) is 0 Å². The number of hydrogen-bond donors (Lipinski definition) is 2. The molecule has 1 aromatic carbocycles. The van der Waals surface area contributed by atoms with Gasteiger partial charge in [0.25, 0.3) is 5.91 Å². The number of halogens is 1. The van der Waals surface area contributed by atoms with Crippen molar-refractivity contribution >= 4 is 30.1 Å². The molecule has 0 saturated carbocycles. The van der Waals surface area contributed by atoms with Crippen molar-refractivity contribution < 1.29 is 23.9 Å². The molecule has 156 valence electrons. The molecular formula is C20H24ClN3O5. The van der Waals surface area contributed by atoms with Crippen LogP contribution in [0.1, 0.15) is 47.2 Å². The van der Waals surface area contributed by atoms with Gasteiger partial charge in [-0.15, -0.1) is 12.4 Å². The smallest absolute Gasteiger partial charge is 0.259 e. The molecule has 0 bridgehead atoms. The highest BCUT2D eigenvalue weighted by Crippen LogP contribution is 2.51. The van der Waals surface area contributed by atoms with E-state index >= 15 is 0 Å². The van der Waals surface area contributed by atoms with Crippen molar-refractivity contribution in [3.8, 4) is 11.5 Å². The summed E-state index contributed by atoms with van der Waals surface area (Å²) >= 11 is 0. The van der Waals surface area contributed by atoms with Gasteiger partial charge in [0.1, 0.15) is 17.5 Å². The standard InChI is InChI=1S/C20H23N3O5.ClH/c1-27-14-8-12-17(28-10-20(12)4-6-21-7-5-20)11-9-23(19(26)16(11)14)13-2-3-15(24)22-18(13)25;/h8,13,21H,2-7,9-10H2,1H3,(H,22,24,25);1H. The summed E-state index contributed by atoms with van der Waals surface area (Å²) in [7, 11) is 1.56. The van der Waals surface area contributed by atoms with Crippen LogP contribution < -0.4 is 20.1 Å². The van der Waals surface area contributed by atoms with E-state index in [1.165, 1.54) is 0 Å². The molecule has 8 nitrogen and oxygen atoms in total. The molecule has 0 aliphatic carbocycles. The first-order valence-electron chi connectivity index (χ1n) is 9.76. The molecule has 0 radical (unpaired) electrons. The summed E-state index contributed by atoms with van der Waals surface area (Å²) in [6.07, 6.45) is 2.53. The molecule has 2 N–H and O–H groups in total. The van der Waals surface area contributed by atoms with Crippen molar-refractivity contribution in [3.05, 3.63) is 22.8 Å². The lowest BCUT2D eigenvalue weighted by Gasteiger charge is -2.32. The molecule has 2 saturated heterocycles. The first-order valence-corrected chi connectivity index (χ1v) is 9.76. The zero-order valence-electron chi connectivity index (χ0n) is 16.2. The van der Waals surface area contributed by atoms with Gasteiger partial charge in [-0.25, -0.2) is 0 Å². The van der Waals surface area contributed by atoms with E-state index in [1.54, 1.807) is 12.0 Å². The Morgan fingerprint density at radius 3 is 2.69 bits per heavy atom. The fourth-order valence-electron chi connectivity index (χ4n) is 5.02. The van der Waals surface area contributed by atoms with Gasteiger partial charge in [0, 0.05) is 23.0 Å². The molecule has 29 heavy (non-hydrogen) atoms. The Morgan fingerprint density at radius 2 is 2.00 bits per heavy atom. The van der Waals surface area contributed by atoms with Crippen LogP contribution in [0.15, 0.2) is 6.07 Å². The maximum atomic E-state index is 13.2. The lowest BCUT2D eigenvalue weighted by molar-refractivity contribution is -0.136. The number of rotatable bonds is 2. The predicted molar refractivity (Wildman–Crippen MR) is 106 cm³/mol. The number of imide groups is 1. The van der Waals surface area contributed by atoms with E-state index < -0.39 is 11.9 Å². The quantitative estimate of drug-likeness (QED) is 0.688. The molecule has 4 heterocycles. The number of carbonyl (C=O) groups excluding carboxylic acids is 3. The van der Waals surface area contributed by atoms with Gasteiger partial charge in [0.05, 0.1) is 25.8 Å². The van der Waals surface area contributed by atoms with Gasteiger partial charge < -0.3 is 19.7 Å². The van der Waals surface area contributed by atoms with Gasteiger partial charge in [-0.05, 0) is 38.4 Å². The number of ether oxygens (including phenoxy) is 2. The molecule has 4 aliphatic heterocycles. The number of nitrogens with zero attached hydrogens (tertiary/aromatic N) is 1. The highest BCUT2D eigenvalue weighted by molar-refractivity contribution is 6.07. The van der Waals surface area contributed by atoms with E-state index in [-0.39, 0.29) is 36.1 Å². The Labute approximate surface area is 174 Å². The maximum Gasteiger partial charge on any atom is 0.259 e. The predicted octanol–water partition coefficient (Wildman–Crippen LogP) is 0.892. The van der Waals surface area contributed by atoms with Crippen molar-refractivity contribution in [1.29, 1.82) is 0 Å². The maximum absolute atomic E-state index is 13.2. The molecule has 2 fully saturated rings. The lowest BCUT2D eigenvalue weighted by Crippen LogP contribution is -2.52. The molecule has 1 aromatic rings. The van der Waals surface area contributed by atoms with Gasteiger partial charge in [-0.1, -0.05) is 0 Å². The summed E-state index contributed by atoms with van der Waals surface area (Å²) in [5.74, 6) is 0.376. The Balaban J connectivity index is 0.00000205. The molecule has 1 atom stereocenters. The molecule has 4 aliphatic rings. The van der Waals surface area contributed by atoms with E-state index in [9.17, 15) is 14.4 Å². The monoisotopic (exact) mass is 421 g/mol. The van der Waals surface area contributed by atoms with Crippen LogP contribution in [0.2, 0.25) is 0 Å². The molecular weight excluding hydrogens is 398 g/mol. The summed E-state index contributed by atoms with van der Waals surface area (Å²) in [6.45, 7) is 2.78. The SMILES string of the molecule is COc1cc2c(c3c1C(=O)N(C1CCC(=O)NC1=O)C3)OCC21CCNCC1.Cl. The van der Waals surface area contributed by atoms with Gasteiger partial charge >= 0.3 is 0 Å². The Hall–Kier alpha value is -2.32. The molecule has 0 aromatic heterocycles. The topological polar surface area (TPSA) is 97.0 Å². The van der Waals surface area contributed by atoms with Crippen molar-refractivity contribution in [1.82, 2.24) is 15.5 Å². The molecule has 9 heteroatoms. The first-order chi connectivity index (χ1) is 13.5. The summed E-state index contributed by atoms with van der Waals surface area (Å²) in [5.41, 5.74) is 2.35. The number of fused-ring (bicyclic) bond motifs is 4. The molecule has 1 unspecified atom stereocenters. The first kappa shape index (κ1) is 20.0. The van der Waals surface area contributed by atoms with Crippen molar-refractivity contribution in [2.75, 3.05) is 26.8 Å². The van der Waals surface area contributed by atoms with Crippen LogP contribution in [0.25, 0.3) is 0 Å². The summed E-state index contributed by atoms with van der Waals surface area (Å²) in [6, 6.07) is 1.31. The molecule has 5 rings (SSSR count). The average molecular weight is 422 g/mol. The second-order valence-electron chi connectivity index (χ2n) is 8.03. The fraction of sp³-hybridized carbons (Fsp3) is 0.550. The minimum Gasteiger partial charge on any atom is -0.496 e. The Bertz CT molecular complexity index is 897. The number of carbonyl (C=O) groups is 3. The third-order valence-electron chi connectivity index (χ3n) is 6.58. The Kier molecular flexibility index (Phi) is 4.94. The largest absolute Gasteiger partial charge is 0.496 e. The zero-order chi connectivity index (χ0) is 19.5. The fourth-order valence-corrected chi connectivity index (χ4v) is 5.02. The van der Waals surface area contributed by atoms with E-state index in [2.05, 4.69) is 10.6 Å². The van der Waals surface area contributed by atoms with Crippen molar-refractivity contribution in [2.24, 2.45) is 0 Å². The highest BCUT2D eigenvalue weighted by atomic mass is 35.5. The third-order valence-corrected chi connectivity index (χ3v) is 6.58. The van der Waals surface area contributed by atoms with Gasteiger partial charge in [0.15, 0.2) is 0 Å². The zero-order valence-corrected chi connectivity index (χ0v) is 17.0. The van der Waals surface area contributed by atoms with Crippen molar-refractivity contribution in [3.63, 3.8) is 0 Å². The van der Waals surface area contributed by atoms with Gasteiger partial charge in [0.2, 0.25) is 11.8 Å². The summed E-state index contributed by atoms with van der Waals surface area (Å²) < 4.78 is 11.7. The highest BCUT2D eigenvalue weighted by Gasteiger charge is 2.48. The van der Waals surface area contributed by atoms with Crippen LogP contribution in [-0.2, 0) is 21.5 Å². The van der Waals surface area contributed by atoms with Gasteiger partial charge in [-0.3, -0.25) is 19.7 Å². The number of amides is 3. The van der Waals surface area contributed by atoms with Crippen molar-refractivity contribution in [2.45, 2.75) is 43.7 Å². The third kappa shape index (κ3) is 2.88. The van der Waals surface area contributed by atoms with E-state index in [0.717, 1.165) is 42.8 Å². The van der Waals surface area contributed by atoms with Crippen LogP contribution in [0.5, 0.6) is 11.5 Å². The Morgan fingerprint density at radius 1 is 1.24 bits per heavy atom. The van der Waals surface area contributed by atoms with Crippen LogP contribution in [0.4, 0.5) is 0 Å². The van der Waals surface area contributed by atoms with Crippen LogP contribution in [-0.4, -0.2) is 55.5 Å². The summed E-state index contributed by atoms with van der Waals surface area (Å²) in [5, 5.41) is 5.73. The average Bonchev–Trinajstić information content (AvgIpc) is 3.21. The normalized spacial score (nSPS) is 24.5. The summed E-state index contributed by atoms with van der Waals surface area (Å²) in [4.78, 5) is 38.5. The van der Waals surface area contributed by atoms with Crippen LogP contribution >= 0.6 is 12.4 Å². The van der Waals surface area contributed by atoms with Crippen LogP contribution in [0, 0.1) is 0 Å². The minimum atomic E-state index is -0.646. The second kappa shape index (κ2) is 7.18. The van der Waals surface area contributed by atoms with E-state index in [0.29, 0.717) is 30.9 Å². The minimum absolute atomic E-state index is 0. The van der Waals surface area contributed by atoms with E-state index in [1.807, 2.05) is 6.07 Å². The number of benzene rings is 1. The number of nitrogens with one attached hydrogen (secondary N) is 2. The number of piperidine rings is 2. The molecule has 3 amide bonds. The molecule has 1 spiro atoms. The lowest BCUT2D eigenvalue weighted by atomic mass is 9.74. The number of methoxy groups -OCH3 is 1. The second-order valence-corrected chi connectivity index (χ2v) is 8.03. The van der Waals surface area contributed by atoms with Crippen LogP contribution in [0.3, 0.4) is 0 Å². The van der Waals surface area contributed by atoms with E-state index in [4.69, 9.17) is 9.47 Å². The number of hydrogen-bond acceptors (Lipinski definition) is 6.